The molecule has 0 heterocycles. The molecule has 1 aromatic carbocycles. The SMILES string of the molecule is CC(=O)CCOc1ccc([N+](=O)[O-])cc1C. The van der Waals surface area contributed by atoms with Gasteiger partial charge in [-0.3, -0.25) is 14.9 Å². The molecule has 0 radical (unpaired) electrons. The highest BCUT2D eigenvalue weighted by atomic mass is 16.6. The Bertz CT molecular complexity index is 414. The summed E-state index contributed by atoms with van der Waals surface area (Å²) in [5.74, 6) is 0.631. The molecule has 0 aliphatic heterocycles. The van der Waals surface area contributed by atoms with E-state index < -0.39 is 4.92 Å². The number of Topliss-reactive ketones (excluding diaryl/α,β-unsaturated/α-hetero) is 1. The number of benzene rings is 1. The van der Waals surface area contributed by atoms with Crippen LogP contribution in [0, 0.1) is 17.0 Å². The van der Waals surface area contributed by atoms with E-state index in [1.54, 1.807) is 13.0 Å². The fourth-order valence-electron chi connectivity index (χ4n) is 1.21. The van der Waals surface area contributed by atoms with E-state index in [0.29, 0.717) is 24.3 Å². The zero-order valence-corrected chi connectivity index (χ0v) is 9.23. The lowest BCUT2D eigenvalue weighted by Gasteiger charge is -2.07. The van der Waals surface area contributed by atoms with Crippen molar-refractivity contribution >= 4 is 11.5 Å². The van der Waals surface area contributed by atoms with E-state index in [4.69, 9.17) is 4.74 Å². The van der Waals surface area contributed by atoms with Crippen LogP contribution in [0.1, 0.15) is 18.9 Å². The van der Waals surface area contributed by atoms with Gasteiger partial charge in [0, 0.05) is 18.6 Å². The van der Waals surface area contributed by atoms with E-state index in [2.05, 4.69) is 0 Å². The van der Waals surface area contributed by atoms with E-state index in [9.17, 15) is 14.9 Å². The van der Waals surface area contributed by atoms with Gasteiger partial charge in [-0.2, -0.15) is 0 Å². The van der Waals surface area contributed by atoms with E-state index in [-0.39, 0.29) is 11.5 Å². The van der Waals surface area contributed by atoms with Crippen molar-refractivity contribution in [1.29, 1.82) is 0 Å². The number of hydrogen-bond acceptors (Lipinski definition) is 4. The Hall–Kier alpha value is -1.91. The van der Waals surface area contributed by atoms with Gasteiger partial charge in [0.05, 0.1) is 11.5 Å². The Labute approximate surface area is 93.2 Å². The lowest BCUT2D eigenvalue weighted by atomic mass is 10.2. The maximum Gasteiger partial charge on any atom is 0.269 e. The fourth-order valence-corrected chi connectivity index (χ4v) is 1.21. The van der Waals surface area contributed by atoms with E-state index in [1.165, 1.54) is 19.1 Å². The quantitative estimate of drug-likeness (QED) is 0.567. The van der Waals surface area contributed by atoms with Gasteiger partial charge in [0.1, 0.15) is 11.5 Å². The second kappa shape index (κ2) is 5.25. The predicted molar refractivity (Wildman–Crippen MR) is 58.6 cm³/mol. The number of carbonyl (C=O) groups excluding carboxylic acids is 1. The first-order valence-electron chi connectivity index (χ1n) is 4.88. The molecule has 5 nitrogen and oxygen atoms in total. The molecule has 0 unspecified atom stereocenters. The number of nitro benzene ring substituents is 1. The van der Waals surface area contributed by atoms with E-state index >= 15 is 0 Å². The molecule has 16 heavy (non-hydrogen) atoms. The van der Waals surface area contributed by atoms with Crippen LogP contribution in [0.2, 0.25) is 0 Å². The number of aryl methyl sites for hydroxylation is 1. The summed E-state index contributed by atoms with van der Waals surface area (Å²) in [7, 11) is 0. The Balaban J connectivity index is 2.68. The second-order valence-corrected chi connectivity index (χ2v) is 3.51. The molecule has 86 valence electrons. The van der Waals surface area contributed by atoms with Gasteiger partial charge in [0.15, 0.2) is 0 Å². The van der Waals surface area contributed by atoms with Gasteiger partial charge in [-0.25, -0.2) is 0 Å². The van der Waals surface area contributed by atoms with Gasteiger partial charge in [-0.05, 0) is 25.5 Å². The average molecular weight is 223 g/mol. The van der Waals surface area contributed by atoms with Crippen LogP contribution in [0.15, 0.2) is 18.2 Å². The molecule has 0 aromatic heterocycles. The number of rotatable bonds is 5. The third-order valence-corrected chi connectivity index (χ3v) is 2.08. The number of non-ortho nitro benzene ring substituents is 1. The largest absolute Gasteiger partial charge is 0.493 e. The monoisotopic (exact) mass is 223 g/mol. The number of nitrogens with zero attached hydrogens (tertiary/aromatic N) is 1. The highest BCUT2D eigenvalue weighted by Crippen LogP contribution is 2.23. The normalized spacial score (nSPS) is 9.88. The first-order valence-corrected chi connectivity index (χ1v) is 4.88. The number of ketones is 1. The van der Waals surface area contributed by atoms with Gasteiger partial charge < -0.3 is 4.74 Å². The molecular formula is C11H13NO4. The predicted octanol–water partition coefficient (Wildman–Crippen LogP) is 2.26. The highest BCUT2D eigenvalue weighted by molar-refractivity contribution is 5.75. The molecule has 0 fully saturated rings. The number of hydrogen-bond donors (Lipinski definition) is 0. The van der Waals surface area contributed by atoms with Crippen molar-refractivity contribution in [2.45, 2.75) is 20.3 Å². The number of nitro groups is 1. The van der Waals surface area contributed by atoms with Crippen molar-refractivity contribution in [3.8, 4) is 5.75 Å². The minimum Gasteiger partial charge on any atom is -0.493 e. The Morgan fingerprint density at radius 3 is 2.69 bits per heavy atom. The molecular weight excluding hydrogens is 210 g/mol. The van der Waals surface area contributed by atoms with E-state index in [1.807, 2.05) is 0 Å². The van der Waals surface area contributed by atoms with Crippen LogP contribution in [0.25, 0.3) is 0 Å². The van der Waals surface area contributed by atoms with Crippen LogP contribution >= 0.6 is 0 Å². The summed E-state index contributed by atoms with van der Waals surface area (Å²) < 4.78 is 5.34. The summed E-state index contributed by atoms with van der Waals surface area (Å²) >= 11 is 0. The summed E-state index contributed by atoms with van der Waals surface area (Å²) in [5.41, 5.74) is 0.731. The van der Waals surface area contributed by atoms with Crippen LogP contribution in [0.4, 0.5) is 5.69 Å². The van der Waals surface area contributed by atoms with Crippen molar-refractivity contribution < 1.29 is 14.5 Å². The molecule has 0 atom stereocenters. The van der Waals surface area contributed by atoms with Crippen molar-refractivity contribution in [1.82, 2.24) is 0 Å². The maximum atomic E-state index is 10.7. The van der Waals surface area contributed by atoms with Crippen LogP contribution in [0.5, 0.6) is 5.75 Å². The Morgan fingerprint density at radius 1 is 1.50 bits per heavy atom. The van der Waals surface area contributed by atoms with Crippen LogP contribution in [-0.4, -0.2) is 17.3 Å². The number of ether oxygens (including phenoxy) is 1. The summed E-state index contributed by atoms with van der Waals surface area (Å²) in [5, 5.41) is 10.5. The standard InChI is InChI=1S/C11H13NO4/c1-8-7-10(12(14)15)3-4-11(8)16-6-5-9(2)13/h3-4,7H,5-6H2,1-2H3. The minimum absolute atomic E-state index is 0.0383. The molecule has 1 rings (SSSR count). The average Bonchev–Trinajstić information content (AvgIpc) is 2.19. The fraction of sp³-hybridized carbons (Fsp3) is 0.364. The Kier molecular flexibility index (Phi) is 3.99. The third-order valence-electron chi connectivity index (χ3n) is 2.08. The first-order chi connectivity index (χ1) is 7.50. The van der Waals surface area contributed by atoms with Crippen molar-refractivity contribution in [3.63, 3.8) is 0 Å². The molecule has 0 saturated carbocycles. The maximum absolute atomic E-state index is 10.7. The molecule has 5 heteroatoms. The first kappa shape index (κ1) is 12.2. The molecule has 0 spiro atoms. The van der Waals surface area contributed by atoms with Crippen molar-refractivity contribution in [2.24, 2.45) is 0 Å². The smallest absolute Gasteiger partial charge is 0.269 e. The zero-order valence-electron chi connectivity index (χ0n) is 9.23. The second-order valence-electron chi connectivity index (χ2n) is 3.51. The Morgan fingerprint density at radius 2 is 2.19 bits per heavy atom. The van der Waals surface area contributed by atoms with Crippen LogP contribution < -0.4 is 4.74 Å². The summed E-state index contributed by atoms with van der Waals surface area (Å²) in [6.07, 6.45) is 0.344. The minimum atomic E-state index is -0.452. The highest BCUT2D eigenvalue weighted by Gasteiger charge is 2.08. The van der Waals surface area contributed by atoms with Gasteiger partial charge >= 0.3 is 0 Å². The van der Waals surface area contributed by atoms with E-state index in [0.717, 1.165) is 0 Å². The summed E-state index contributed by atoms with van der Waals surface area (Å²) in [4.78, 5) is 20.7. The van der Waals surface area contributed by atoms with Crippen molar-refractivity contribution in [2.75, 3.05) is 6.61 Å². The van der Waals surface area contributed by atoms with Gasteiger partial charge in [0.25, 0.3) is 5.69 Å². The molecule has 0 amide bonds. The topological polar surface area (TPSA) is 69.4 Å². The molecule has 0 saturated heterocycles. The lowest BCUT2D eigenvalue weighted by Crippen LogP contribution is -2.03. The lowest BCUT2D eigenvalue weighted by molar-refractivity contribution is -0.384. The summed E-state index contributed by atoms with van der Waals surface area (Å²) in [6.45, 7) is 3.52. The van der Waals surface area contributed by atoms with Gasteiger partial charge in [-0.15, -0.1) is 0 Å². The van der Waals surface area contributed by atoms with Gasteiger partial charge in [-0.1, -0.05) is 0 Å². The van der Waals surface area contributed by atoms with Crippen LogP contribution in [-0.2, 0) is 4.79 Å². The summed E-state index contributed by atoms with van der Waals surface area (Å²) in [6, 6.07) is 4.38. The van der Waals surface area contributed by atoms with Crippen LogP contribution in [0.3, 0.4) is 0 Å². The van der Waals surface area contributed by atoms with Gasteiger partial charge in [0.2, 0.25) is 0 Å². The third kappa shape index (κ3) is 3.34. The van der Waals surface area contributed by atoms with Crippen molar-refractivity contribution in [3.05, 3.63) is 33.9 Å². The molecule has 0 aliphatic carbocycles. The molecule has 0 bridgehead atoms. The number of carbonyl (C=O) groups is 1. The molecule has 0 N–H and O–H groups in total. The molecule has 1 aromatic rings. The molecule has 0 aliphatic rings. The zero-order chi connectivity index (χ0) is 12.1.